The Morgan fingerprint density at radius 1 is 1.20 bits per heavy atom. The molecule has 1 unspecified atom stereocenters. The van der Waals surface area contributed by atoms with E-state index in [0.717, 1.165) is 11.8 Å². The number of hydrogen-bond acceptors (Lipinski definition) is 8. The fourth-order valence-corrected chi connectivity index (χ4v) is 4.90. The summed E-state index contributed by atoms with van der Waals surface area (Å²) >= 11 is 0. The number of nitrogens with zero attached hydrogens (tertiary/aromatic N) is 4. The maximum atomic E-state index is 13.4. The molecular weight excluding hydrogens is 470 g/mol. The molecule has 2 aliphatic heterocycles. The Kier molecular flexibility index (Phi) is 5.73. The normalized spacial score (nSPS) is 17.6. The van der Waals surface area contributed by atoms with Gasteiger partial charge in [0.15, 0.2) is 21.5 Å². The quantitative estimate of drug-likeness (QED) is 0.563. The zero-order chi connectivity index (χ0) is 24.7. The van der Waals surface area contributed by atoms with Gasteiger partial charge in [0.05, 0.1) is 30.9 Å². The van der Waals surface area contributed by atoms with E-state index in [-0.39, 0.29) is 24.0 Å². The lowest BCUT2D eigenvalue weighted by molar-refractivity contribution is -0.122. The number of nitrogens with two attached hydrogens (primary N) is 1. The number of rotatable bonds is 5. The number of carbonyl (C=O) groups excluding carboxylic acids is 2. The van der Waals surface area contributed by atoms with Gasteiger partial charge in [-0.1, -0.05) is 24.3 Å². The van der Waals surface area contributed by atoms with Crippen LogP contribution in [0.25, 0.3) is 11.4 Å². The molecule has 10 nitrogen and oxygen atoms in total. The molecule has 2 amide bonds. The lowest BCUT2D eigenvalue weighted by Crippen LogP contribution is -2.58. The third kappa shape index (κ3) is 4.35. The van der Waals surface area contributed by atoms with E-state index in [9.17, 15) is 18.0 Å². The number of hydrogen-bond donors (Lipinski definition) is 1. The van der Waals surface area contributed by atoms with E-state index in [1.165, 1.54) is 12.1 Å². The lowest BCUT2D eigenvalue weighted by Gasteiger charge is -2.43. The first kappa shape index (κ1) is 22.9. The molecule has 2 aliphatic rings. The van der Waals surface area contributed by atoms with Crippen molar-refractivity contribution in [3.63, 3.8) is 0 Å². The van der Waals surface area contributed by atoms with Crippen LogP contribution < -0.4 is 15.5 Å². The average molecular weight is 494 g/mol. The topological polar surface area (TPSA) is 136 Å². The van der Waals surface area contributed by atoms with Crippen LogP contribution in [0.3, 0.4) is 0 Å². The first-order valence-electron chi connectivity index (χ1n) is 10.9. The molecule has 0 spiro atoms. The van der Waals surface area contributed by atoms with Gasteiger partial charge in [0.25, 0.3) is 5.91 Å². The van der Waals surface area contributed by atoms with Crippen molar-refractivity contribution in [3.05, 3.63) is 65.9 Å². The second-order valence-electron chi connectivity index (χ2n) is 8.47. The summed E-state index contributed by atoms with van der Waals surface area (Å²) in [6, 6.07) is 12.7. The van der Waals surface area contributed by atoms with Crippen LogP contribution in [-0.2, 0) is 25.9 Å². The SMILES string of the molecule is CS(=O)(=O)c1ccc(CN2C(=O)C3COCCN3c3nc(-c4cccc(C(N)=O)c4)ncc32)cc1. The number of ether oxygens (including phenoxy) is 1. The minimum absolute atomic E-state index is 0.142. The number of sulfone groups is 1. The van der Waals surface area contributed by atoms with E-state index < -0.39 is 21.8 Å². The van der Waals surface area contributed by atoms with E-state index in [4.69, 9.17) is 15.5 Å². The summed E-state index contributed by atoms with van der Waals surface area (Å²) in [6.07, 6.45) is 2.75. The maximum Gasteiger partial charge on any atom is 0.252 e. The van der Waals surface area contributed by atoms with Gasteiger partial charge in [-0.15, -0.1) is 0 Å². The lowest BCUT2D eigenvalue weighted by atomic mass is 10.1. The van der Waals surface area contributed by atoms with Crippen molar-refractivity contribution in [2.45, 2.75) is 17.5 Å². The van der Waals surface area contributed by atoms with Crippen LogP contribution in [0.2, 0.25) is 0 Å². The molecule has 1 fully saturated rings. The molecular formula is C24H23N5O5S. The van der Waals surface area contributed by atoms with Crippen LogP contribution in [0, 0.1) is 0 Å². The van der Waals surface area contributed by atoms with Gasteiger partial charge in [-0.05, 0) is 29.8 Å². The predicted octanol–water partition coefficient (Wildman–Crippen LogP) is 1.40. The van der Waals surface area contributed by atoms with Crippen molar-refractivity contribution in [3.8, 4) is 11.4 Å². The molecule has 1 saturated heterocycles. The van der Waals surface area contributed by atoms with Gasteiger partial charge in [-0.25, -0.2) is 18.4 Å². The third-order valence-corrected chi connectivity index (χ3v) is 7.22. The van der Waals surface area contributed by atoms with Crippen LogP contribution in [0.15, 0.2) is 59.6 Å². The summed E-state index contributed by atoms with van der Waals surface area (Å²) in [5, 5.41) is 0. The summed E-state index contributed by atoms with van der Waals surface area (Å²) in [5.74, 6) is 0.317. The second-order valence-corrected chi connectivity index (χ2v) is 10.5. The fourth-order valence-electron chi connectivity index (χ4n) is 4.27. The molecule has 1 atom stereocenters. The number of fused-ring (bicyclic) bond motifs is 3. The Bertz CT molecular complexity index is 1420. The number of aromatic nitrogens is 2. The summed E-state index contributed by atoms with van der Waals surface area (Å²) in [4.78, 5) is 38.0. The minimum atomic E-state index is -3.32. The van der Waals surface area contributed by atoms with E-state index >= 15 is 0 Å². The first-order chi connectivity index (χ1) is 16.7. The third-order valence-electron chi connectivity index (χ3n) is 6.09. The van der Waals surface area contributed by atoms with Gasteiger partial charge >= 0.3 is 0 Å². The Labute approximate surface area is 202 Å². The summed E-state index contributed by atoms with van der Waals surface area (Å²) in [6.45, 7) is 1.42. The van der Waals surface area contributed by atoms with Gasteiger partial charge in [0.1, 0.15) is 11.7 Å². The molecule has 0 saturated carbocycles. The summed E-state index contributed by atoms with van der Waals surface area (Å²) < 4.78 is 29.2. The Morgan fingerprint density at radius 2 is 1.97 bits per heavy atom. The van der Waals surface area contributed by atoms with Crippen molar-refractivity contribution in [1.82, 2.24) is 9.97 Å². The number of benzene rings is 2. The molecule has 0 aliphatic carbocycles. The monoisotopic (exact) mass is 493 g/mol. The van der Waals surface area contributed by atoms with Gasteiger partial charge in [0, 0.05) is 23.9 Å². The average Bonchev–Trinajstić information content (AvgIpc) is 2.86. The molecule has 180 valence electrons. The van der Waals surface area contributed by atoms with Crippen molar-refractivity contribution in [2.24, 2.45) is 5.73 Å². The molecule has 5 rings (SSSR count). The number of amides is 2. The van der Waals surface area contributed by atoms with Crippen LogP contribution >= 0.6 is 0 Å². The molecule has 1 aromatic heterocycles. The first-order valence-corrected chi connectivity index (χ1v) is 12.8. The second kappa shape index (κ2) is 8.75. The van der Waals surface area contributed by atoms with E-state index in [1.54, 1.807) is 47.5 Å². The molecule has 3 aromatic rings. The van der Waals surface area contributed by atoms with Gasteiger partial charge in [-0.2, -0.15) is 0 Å². The largest absolute Gasteiger partial charge is 0.377 e. The maximum absolute atomic E-state index is 13.4. The van der Waals surface area contributed by atoms with Gasteiger partial charge in [-0.3, -0.25) is 9.59 Å². The van der Waals surface area contributed by atoms with Gasteiger partial charge in [0.2, 0.25) is 5.91 Å². The van der Waals surface area contributed by atoms with Crippen molar-refractivity contribution < 1.29 is 22.7 Å². The molecule has 0 radical (unpaired) electrons. The number of morpholine rings is 1. The van der Waals surface area contributed by atoms with E-state index in [1.807, 2.05) is 4.90 Å². The molecule has 35 heavy (non-hydrogen) atoms. The predicted molar refractivity (Wildman–Crippen MR) is 129 cm³/mol. The van der Waals surface area contributed by atoms with Crippen LogP contribution in [0.1, 0.15) is 15.9 Å². The highest BCUT2D eigenvalue weighted by Crippen LogP contribution is 2.37. The molecule has 11 heteroatoms. The van der Waals surface area contributed by atoms with Crippen LogP contribution in [-0.4, -0.2) is 62.3 Å². The van der Waals surface area contributed by atoms with Crippen molar-refractivity contribution in [2.75, 3.05) is 35.8 Å². The highest BCUT2D eigenvalue weighted by Gasteiger charge is 2.41. The Morgan fingerprint density at radius 3 is 2.69 bits per heavy atom. The summed E-state index contributed by atoms with van der Waals surface area (Å²) in [5.41, 5.74) is 7.72. The Balaban J connectivity index is 1.55. The number of primary amides is 1. The number of anilines is 2. The Hall–Kier alpha value is -3.83. The molecule has 2 aromatic carbocycles. The highest BCUT2D eigenvalue weighted by atomic mass is 32.2. The zero-order valence-electron chi connectivity index (χ0n) is 18.9. The molecule has 3 heterocycles. The molecule has 0 bridgehead atoms. The smallest absolute Gasteiger partial charge is 0.252 e. The van der Waals surface area contributed by atoms with Gasteiger partial charge < -0.3 is 20.3 Å². The van der Waals surface area contributed by atoms with Crippen LogP contribution in [0.5, 0.6) is 0 Å². The standard InChI is InChI=1S/C24H23N5O5S/c1-35(32,33)18-7-5-15(6-8-18)13-29-19-12-26-22(17-4-2-3-16(11-17)21(25)30)27-23(19)28-9-10-34-14-20(28)24(29)31/h2-8,11-12,20H,9-10,13-14H2,1H3,(H2,25,30). The molecule has 2 N–H and O–H groups in total. The number of carbonyl (C=O) groups is 2. The van der Waals surface area contributed by atoms with Crippen LogP contribution in [0.4, 0.5) is 11.5 Å². The fraction of sp³-hybridized carbons (Fsp3) is 0.250. The van der Waals surface area contributed by atoms with Crippen molar-refractivity contribution >= 4 is 33.2 Å². The van der Waals surface area contributed by atoms with Crippen molar-refractivity contribution in [1.29, 1.82) is 0 Å². The zero-order valence-corrected chi connectivity index (χ0v) is 19.7. The highest BCUT2D eigenvalue weighted by molar-refractivity contribution is 7.90. The summed E-state index contributed by atoms with van der Waals surface area (Å²) in [7, 11) is -3.32. The van der Waals surface area contributed by atoms with E-state index in [0.29, 0.717) is 41.6 Å². The minimum Gasteiger partial charge on any atom is -0.377 e. The van der Waals surface area contributed by atoms with E-state index in [2.05, 4.69) is 4.98 Å².